The summed E-state index contributed by atoms with van der Waals surface area (Å²) in [5.74, 6) is -0.993. The normalized spacial score (nSPS) is 9.77. The van der Waals surface area contributed by atoms with Gasteiger partial charge >= 0.3 is 0 Å². The smallest absolute Gasteiger partial charge is 0.254 e. The standard InChI is InChI=1S/C10H10FNO/c1-3-12-10(13)8-6-7(2)4-5-9(8)11/h2,4-6H,3H2,1H3,(H,12,13). The number of hydrogen-bond donors (Lipinski definition) is 1. The van der Waals surface area contributed by atoms with Crippen LogP contribution in [0.1, 0.15) is 22.8 Å². The highest BCUT2D eigenvalue weighted by atomic mass is 19.1. The lowest BCUT2D eigenvalue weighted by Crippen LogP contribution is -2.23. The Morgan fingerprint density at radius 3 is 2.92 bits per heavy atom. The van der Waals surface area contributed by atoms with Gasteiger partial charge in [0.2, 0.25) is 0 Å². The van der Waals surface area contributed by atoms with E-state index in [1.165, 1.54) is 18.2 Å². The topological polar surface area (TPSA) is 29.1 Å². The number of amides is 1. The van der Waals surface area contributed by atoms with Crippen LogP contribution in [-0.2, 0) is 0 Å². The van der Waals surface area contributed by atoms with Gasteiger partial charge in [-0.05, 0) is 31.5 Å². The zero-order chi connectivity index (χ0) is 9.84. The number of rotatable bonds is 2. The number of carbonyl (C=O) groups is 1. The first-order valence-electron chi connectivity index (χ1n) is 3.98. The second-order valence-corrected chi connectivity index (χ2v) is 2.60. The molecular weight excluding hydrogens is 169 g/mol. The summed E-state index contributed by atoms with van der Waals surface area (Å²) in [5.41, 5.74) is 0.365. The van der Waals surface area contributed by atoms with Gasteiger partial charge < -0.3 is 5.32 Å². The lowest BCUT2D eigenvalue weighted by atomic mass is 10.1. The number of halogens is 1. The van der Waals surface area contributed by atoms with Gasteiger partial charge in [0.15, 0.2) is 0 Å². The largest absolute Gasteiger partial charge is 0.352 e. The van der Waals surface area contributed by atoms with Crippen LogP contribution in [0, 0.1) is 12.7 Å². The Balaban J connectivity index is 2.99. The van der Waals surface area contributed by atoms with Crippen LogP contribution in [0.3, 0.4) is 0 Å². The highest BCUT2D eigenvalue weighted by molar-refractivity contribution is 5.94. The number of carbonyl (C=O) groups excluding carboxylic acids is 1. The maximum absolute atomic E-state index is 13.0. The first-order chi connectivity index (χ1) is 6.15. The first kappa shape index (κ1) is 9.71. The maximum Gasteiger partial charge on any atom is 0.254 e. The maximum atomic E-state index is 13.0. The predicted octanol–water partition coefficient (Wildman–Crippen LogP) is 1.63. The van der Waals surface area contributed by atoms with Gasteiger partial charge in [0.25, 0.3) is 5.91 Å². The summed E-state index contributed by atoms with van der Waals surface area (Å²) in [6.07, 6.45) is 0. The number of nitrogens with one attached hydrogen (secondary N) is 1. The molecule has 0 bridgehead atoms. The van der Waals surface area contributed by atoms with Gasteiger partial charge in [-0.1, -0.05) is 6.07 Å². The zero-order valence-electron chi connectivity index (χ0n) is 7.30. The Kier molecular flexibility index (Phi) is 3.01. The van der Waals surface area contributed by atoms with E-state index in [-0.39, 0.29) is 5.56 Å². The fourth-order valence-corrected chi connectivity index (χ4v) is 0.973. The minimum absolute atomic E-state index is 0.0122. The van der Waals surface area contributed by atoms with Crippen LogP contribution in [0.5, 0.6) is 0 Å². The Morgan fingerprint density at radius 1 is 1.62 bits per heavy atom. The van der Waals surface area contributed by atoms with E-state index in [2.05, 4.69) is 5.32 Å². The van der Waals surface area contributed by atoms with Crippen LogP contribution in [0.25, 0.3) is 0 Å². The average Bonchev–Trinajstić information content (AvgIpc) is 2.09. The summed E-state index contributed by atoms with van der Waals surface area (Å²) in [6.45, 7) is 7.65. The van der Waals surface area contributed by atoms with Gasteiger partial charge in [-0.25, -0.2) is 4.39 Å². The van der Waals surface area contributed by atoms with Gasteiger partial charge in [-0.3, -0.25) is 4.79 Å². The van der Waals surface area contributed by atoms with Gasteiger partial charge in [0, 0.05) is 6.54 Å². The fraction of sp³-hybridized carbons (Fsp3) is 0.200. The lowest BCUT2D eigenvalue weighted by molar-refractivity contribution is 0.0952. The van der Waals surface area contributed by atoms with Gasteiger partial charge in [0.05, 0.1) is 5.56 Å². The summed E-state index contributed by atoms with van der Waals surface area (Å²) >= 11 is 0. The molecule has 0 spiro atoms. The van der Waals surface area contributed by atoms with Crippen molar-refractivity contribution < 1.29 is 9.18 Å². The number of benzene rings is 1. The van der Waals surface area contributed by atoms with Crippen molar-refractivity contribution in [2.75, 3.05) is 6.54 Å². The molecule has 13 heavy (non-hydrogen) atoms. The summed E-state index contributed by atoms with van der Waals surface area (Å²) in [7, 11) is 0. The van der Waals surface area contributed by atoms with Crippen molar-refractivity contribution in [2.45, 2.75) is 6.92 Å². The van der Waals surface area contributed by atoms with E-state index < -0.39 is 11.7 Å². The minimum Gasteiger partial charge on any atom is -0.352 e. The second-order valence-electron chi connectivity index (χ2n) is 2.60. The SMILES string of the molecule is [CH]c1ccc(F)c(C(=O)NCC)c1. The molecule has 1 N–H and O–H groups in total. The molecule has 1 aromatic rings. The first-order valence-corrected chi connectivity index (χ1v) is 3.98. The summed E-state index contributed by atoms with van der Waals surface area (Å²) in [6, 6.07) is 3.91. The highest BCUT2D eigenvalue weighted by Crippen LogP contribution is 2.09. The Hall–Kier alpha value is -1.38. The molecule has 0 fully saturated rings. The Labute approximate surface area is 76.8 Å². The predicted molar refractivity (Wildman–Crippen MR) is 47.8 cm³/mol. The Bertz CT molecular complexity index is 323. The fourth-order valence-electron chi connectivity index (χ4n) is 0.973. The molecule has 68 valence electrons. The van der Waals surface area contributed by atoms with Gasteiger partial charge in [-0.15, -0.1) is 0 Å². The second kappa shape index (κ2) is 4.03. The van der Waals surface area contributed by atoms with E-state index in [1.807, 2.05) is 0 Å². The third kappa shape index (κ3) is 2.28. The van der Waals surface area contributed by atoms with Crippen molar-refractivity contribution in [1.29, 1.82) is 0 Å². The van der Waals surface area contributed by atoms with Crippen LogP contribution < -0.4 is 5.32 Å². The molecular formula is C10H10FNO. The molecule has 0 heterocycles. The molecule has 0 aromatic heterocycles. The molecule has 2 radical (unpaired) electrons. The van der Waals surface area contributed by atoms with Crippen molar-refractivity contribution in [1.82, 2.24) is 5.32 Å². The molecule has 0 atom stereocenters. The van der Waals surface area contributed by atoms with Crippen LogP contribution in [-0.4, -0.2) is 12.5 Å². The van der Waals surface area contributed by atoms with Crippen molar-refractivity contribution in [3.63, 3.8) is 0 Å². The molecule has 3 heteroatoms. The highest BCUT2D eigenvalue weighted by Gasteiger charge is 2.09. The van der Waals surface area contributed by atoms with Crippen molar-refractivity contribution in [2.24, 2.45) is 0 Å². The van der Waals surface area contributed by atoms with Crippen LogP contribution in [0.4, 0.5) is 4.39 Å². The summed E-state index contributed by atoms with van der Waals surface area (Å²) < 4.78 is 13.0. The molecule has 0 aliphatic heterocycles. The molecule has 1 amide bonds. The molecule has 0 aliphatic rings. The molecule has 2 nitrogen and oxygen atoms in total. The number of hydrogen-bond acceptors (Lipinski definition) is 1. The van der Waals surface area contributed by atoms with Crippen LogP contribution >= 0.6 is 0 Å². The Morgan fingerprint density at radius 2 is 2.31 bits per heavy atom. The van der Waals surface area contributed by atoms with Crippen LogP contribution in [0.15, 0.2) is 18.2 Å². The average molecular weight is 179 g/mol. The third-order valence-electron chi connectivity index (χ3n) is 1.57. The monoisotopic (exact) mass is 179 g/mol. The zero-order valence-corrected chi connectivity index (χ0v) is 7.30. The molecule has 1 rings (SSSR count). The molecule has 1 aromatic carbocycles. The van der Waals surface area contributed by atoms with Gasteiger partial charge in [-0.2, -0.15) is 0 Å². The molecule has 0 unspecified atom stereocenters. The van der Waals surface area contributed by atoms with E-state index in [1.54, 1.807) is 6.92 Å². The van der Waals surface area contributed by atoms with Crippen molar-refractivity contribution in [3.05, 3.63) is 42.1 Å². The molecule has 0 saturated heterocycles. The summed E-state index contributed by atoms with van der Waals surface area (Å²) in [5, 5.41) is 2.50. The van der Waals surface area contributed by atoms with E-state index in [4.69, 9.17) is 6.92 Å². The summed E-state index contributed by atoms with van der Waals surface area (Å²) in [4.78, 5) is 11.2. The minimum atomic E-state index is -0.555. The molecule has 0 aliphatic carbocycles. The van der Waals surface area contributed by atoms with Crippen LogP contribution in [0.2, 0.25) is 0 Å². The van der Waals surface area contributed by atoms with E-state index in [0.717, 1.165) is 0 Å². The van der Waals surface area contributed by atoms with Gasteiger partial charge in [0.1, 0.15) is 5.82 Å². The van der Waals surface area contributed by atoms with E-state index in [9.17, 15) is 9.18 Å². The third-order valence-corrected chi connectivity index (χ3v) is 1.57. The lowest BCUT2D eigenvalue weighted by Gasteiger charge is -2.03. The van der Waals surface area contributed by atoms with E-state index >= 15 is 0 Å². The van der Waals surface area contributed by atoms with Crippen molar-refractivity contribution in [3.8, 4) is 0 Å². The van der Waals surface area contributed by atoms with Crippen molar-refractivity contribution >= 4 is 5.91 Å². The quantitative estimate of drug-likeness (QED) is 0.734. The molecule has 0 saturated carbocycles. The van der Waals surface area contributed by atoms with E-state index in [0.29, 0.717) is 12.1 Å².